The molecule has 0 saturated carbocycles. The van der Waals surface area contributed by atoms with Gasteiger partial charge in [0.1, 0.15) is 0 Å². The minimum absolute atomic E-state index is 0.225. The van der Waals surface area contributed by atoms with Crippen LogP contribution in [0.15, 0.2) is 0 Å². The molecule has 3 N–H and O–H groups in total. The number of alkyl halides is 3. The van der Waals surface area contributed by atoms with Crippen LogP contribution >= 0.6 is 0 Å². The Morgan fingerprint density at radius 1 is 1.29 bits per heavy atom. The average molecular weight is 212 g/mol. The van der Waals surface area contributed by atoms with E-state index in [4.69, 9.17) is 5.73 Å². The van der Waals surface area contributed by atoms with Crippen molar-refractivity contribution in [2.24, 2.45) is 11.7 Å². The van der Waals surface area contributed by atoms with Gasteiger partial charge >= 0.3 is 6.18 Å². The average Bonchev–Trinajstić information content (AvgIpc) is 1.96. The van der Waals surface area contributed by atoms with Crippen molar-refractivity contribution in [3.63, 3.8) is 0 Å². The van der Waals surface area contributed by atoms with Gasteiger partial charge in [-0.15, -0.1) is 0 Å². The summed E-state index contributed by atoms with van der Waals surface area (Å²) < 4.78 is 36.8. The van der Waals surface area contributed by atoms with Crippen molar-refractivity contribution in [2.45, 2.75) is 39.0 Å². The maximum absolute atomic E-state index is 12.3. The molecule has 84 valence electrons. The first-order valence-corrected chi connectivity index (χ1v) is 4.28. The lowest BCUT2D eigenvalue weighted by Gasteiger charge is -2.26. The monoisotopic (exact) mass is 212 g/mol. The van der Waals surface area contributed by atoms with Gasteiger partial charge in [0.2, 0.25) is 5.91 Å². The first-order chi connectivity index (χ1) is 6.16. The fraction of sp³-hybridized carbons (Fsp3) is 0.875. The standard InChI is InChI=1S/C8H15F3N2O/c1-4(2)13-6(7(12)14)5(3)8(9,10)11/h4-6,13H,1-3H3,(H2,12,14). The van der Waals surface area contributed by atoms with E-state index in [1.165, 1.54) is 0 Å². The SMILES string of the molecule is CC(C)NC(C(N)=O)C(C)C(F)(F)F. The molecule has 0 aromatic rings. The van der Waals surface area contributed by atoms with Crippen LogP contribution in [0, 0.1) is 5.92 Å². The summed E-state index contributed by atoms with van der Waals surface area (Å²) in [5, 5.41) is 2.49. The first-order valence-electron chi connectivity index (χ1n) is 4.28. The summed E-state index contributed by atoms with van der Waals surface area (Å²) >= 11 is 0. The molecule has 3 nitrogen and oxygen atoms in total. The lowest BCUT2D eigenvalue weighted by Crippen LogP contribution is -2.52. The highest BCUT2D eigenvalue weighted by molar-refractivity contribution is 5.80. The van der Waals surface area contributed by atoms with E-state index < -0.39 is 24.0 Å². The summed E-state index contributed by atoms with van der Waals surface area (Å²) in [5.74, 6) is -2.76. The molecule has 2 unspecified atom stereocenters. The lowest BCUT2D eigenvalue weighted by atomic mass is 10.00. The number of rotatable bonds is 4. The molecule has 6 heteroatoms. The van der Waals surface area contributed by atoms with Crippen molar-refractivity contribution in [3.8, 4) is 0 Å². The van der Waals surface area contributed by atoms with Crippen molar-refractivity contribution >= 4 is 5.91 Å². The van der Waals surface area contributed by atoms with Crippen LogP contribution in [0.4, 0.5) is 13.2 Å². The summed E-state index contributed by atoms with van der Waals surface area (Å²) in [6, 6.07) is -1.59. The largest absolute Gasteiger partial charge is 0.393 e. The number of nitrogens with two attached hydrogens (primary N) is 1. The molecule has 0 aromatic carbocycles. The van der Waals surface area contributed by atoms with E-state index in [0.717, 1.165) is 6.92 Å². The predicted octanol–water partition coefficient (Wildman–Crippen LogP) is 1.04. The number of halogens is 3. The second-order valence-electron chi connectivity index (χ2n) is 3.53. The van der Waals surface area contributed by atoms with Crippen molar-refractivity contribution in [2.75, 3.05) is 0 Å². The minimum Gasteiger partial charge on any atom is -0.368 e. The Labute approximate surface area is 80.8 Å². The van der Waals surface area contributed by atoms with Gasteiger partial charge in [0.25, 0.3) is 0 Å². The van der Waals surface area contributed by atoms with Crippen LogP contribution in [0.5, 0.6) is 0 Å². The Hall–Kier alpha value is -0.780. The quantitative estimate of drug-likeness (QED) is 0.731. The second-order valence-corrected chi connectivity index (χ2v) is 3.53. The molecule has 0 aliphatic carbocycles. The van der Waals surface area contributed by atoms with Gasteiger partial charge in [-0.2, -0.15) is 13.2 Å². The molecule has 0 aliphatic rings. The summed E-state index contributed by atoms with van der Waals surface area (Å²) in [6.45, 7) is 4.24. The second kappa shape index (κ2) is 4.63. The number of primary amides is 1. The van der Waals surface area contributed by atoms with Crippen molar-refractivity contribution in [1.29, 1.82) is 0 Å². The Morgan fingerprint density at radius 2 is 1.71 bits per heavy atom. The number of carbonyl (C=O) groups excluding carboxylic acids is 1. The molecule has 14 heavy (non-hydrogen) atoms. The summed E-state index contributed by atoms with van der Waals surface area (Å²) in [5.41, 5.74) is 4.88. The number of hydrogen-bond donors (Lipinski definition) is 2. The van der Waals surface area contributed by atoms with E-state index in [-0.39, 0.29) is 6.04 Å². The van der Waals surface area contributed by atoms with Crippen molar-refractivity contribution in [3.05, 3.63) is 0 Å². The predicted molar refractivity (Wildman–Crippen MR) is 46.5 cm³/mol. The maximum Gasteiger partial charge on any atom is 0.393 e. The van der Waals surface area contributed by atoms with Crippen LogP contribution in [0.1, 0.15) is 20.8 Å². The Balaban J connectivity index is 4.58. The topological polar surface area (TPSA) is 55.1 Å². The molecular formula is C8H15F3N2O. The molecular weight excluding hydrogens is 197 g/mol. The fourth-order valence-electron chi connectivity index (χ4n) is 1.02. The van der Waals surface area contributed by atoms with Gasteiger partial charge in [-0.25, -0.2) is 0 Å². The van der Waals surface area contributed by atoms with E-state index >= 15 is 0 Å². The third-order valence-electron chi connectivity index (χ3n) is 1.84. The molecule has 0 fully saturated rings. The van der Waals surface area contributed by atoms with E-state index in [2.05, 4.69) is 5.32 Å². The number of carbonyl (C=O) groups is 1. The normalized spacial score (nSPS) is 16.8. The fourth-order valence-corrected chi connectivity index (χ4v) is 1.02. The van der Waals surface area contributed by atoms with Gasteiger partial charge in [-0.1, -0.05) is 20.8 Å². The van der Waals surface area contributed by atoms with Gasteiger partial charge in [0.15, 0.2) is 0 Å². The Morgan fingerprint density at radius 3 is 1.93 bits per heavy atom. The van der Waals surface area contributed by atoms with E-state index in [1.807, 2.05) is 0 Å². The lowest BCUT2D eigenvalue weighted by molar-refractivity contribution is -0.180. The minimum atomic E-state index is -4.42. The van der Waals surface area contributed by atoms with Crippen LogP contribution in [-0.2, 0) is 4.79 Å². The van der Waals surface area contributed by atoms with Gasteiger partial charge in [0.05, 0.1) is 12.0 Å². The van der Waals surface area contributed by atoms with Crippen LogP contribution in [0.2, 0.25) is 0 Å². The summed E-state index contributed by atoms with van der Waals surface area (Å²) in [4.78, 5) is 10.8. The molecule has 0 radical (unpaired) electrons. The number of nitrogens with one attached hydrogen (secondary N) is 1. The third kappa shape index (κ3) is 3.95. The van der Waals surface area contributed by atoms with E-state index in [9.17, 15) is 18.0 Å². The van der Waals surface area contributed by atoms with Crippen LogP contribution in [-0.4, -0.2) is 24.2 Å². The van der Waals surface area contributed by atoms with Crippen molar-refractivity contribution in [1.82, 2.24) is 5.32 Å². The Bertz CT molecular complexity index is 203. The molecule has 0 aromatic heterocycles. The number of amides is 1. The van der Waals surface area contributed by atoms with Crippen LogP contribution in [0.25, 0.3) is 0 Å². The van der Waals surface area contributed by atoms with E-state index in [0.29, 0.717) is 0 Å². The zero-order valence-electron chi connectivity index (χ0n) is 8.35. The van der Waals surface area contributed by atoms with E-state index in [1.54, 1.807) is 13.8 Å². The molecule has 0 aliphatic heterocycles. The molecule has 1 amide bonds. The highest BCUT2D eigenvalue weighted by atomic mass is 19.4. The summed E-state index contributed by atoms with van der Waals surface area (Å²) in [6.07, 6.45) is -4.42. The zero-order valence-corrected chi connectivity index (χ0v) is 8.35. The zero-order chi connectivity index (χ0) is 11.5. The van der Waals surface area contributed by atoms with Gasteiger partial charge < -0.3 is 11.1 Å². The smallest absolute Gasteiger partial charge is 0.368 e. The highest BCUT2D eigenvalue weighted by Crippen LogP contribution is 2.28. The van der Waals surface area contributed by atoms with Crippen LogP contribution in [0.3, 0.4) is 0 Å². The van der Waals surface area contributed by atoms with Gasteiger partial charge in [-0.3, -0.25) is 4.79 Å². The molecule has 0 spiro atoms. The Kier molecular flexibility index (Phi) is 4.38. The molecule has 0 saturated heterocycles. The number of hydrogen-bond acceptors (Lipinski definition) is 2. The maximum atomic E-state index is 12.3. The van der Waals surface area contributed by atoms with Gasteiger partial charge in [-0.05, 0) is 0 Å². The third-order valence-corrected chi connectivity index (χ3v) is 1.84. The van der Waals surface area contributed by atoms with Crippen LogP contribution < -0.4 is 11.1 Å². The van der Waals surface area contributed by atoms with Gasteiger partial charge in [0, 0.05) is 6.04 Å². The molecule has 2 atom stereocenters. The molecule has 0 bridgehead atoms. The first kappa shape index (κ1) is 13.2. The summed E-state index contributed by atoms with van der Waals surface area (Å²) in [7, 11) is 0. The van der Waals surface area contributed by atoms with Crippen molar-refractivity contribution < 1.29 is 18.0 Å². The molecule has 0 heterocycles. The molecule has 0 rings (SSSR count). The highest BCUT2D eigenvalue weighted by Gasteiger charge is 2.43.